The van der Waals surface area contributed by atoms with Crippen molar-refractivity contribution in [1.82, 2.24) is 10.3 Å². The Morgan fingerprint density at radius 1 is 1.43 bits per heavy atom. The fraction of sp³-hybridized carbons (Fsp3) is 0.826. The van der Waals surface area contributed by atoms with E-state index in [1.165, 1.54) is 15.5 Å². The fourth-order valence-corrected chi connectivity index (χ4v) is 7.53. The molecule has 6 atom stereocenters. The molecule has 1 aromatic heterocycles. The van der Waals surface area contributed by atoms with Gasteiger partial charge in [-0.15, -0.1) is 11.3 Å². The SMILES string of the molecule is Cc1nc2c(s1)C[C@]1(C)CC[C@H]([C@H](C)C(=O)NCC[NH+]3CCOCC3)[C@H](O)[C@H]1[C@@H]2C. The van der Waals surface area contributed by atoms with Crippen LogP contribution in [0.1, 0.15) is 55.1 Å². The molecule has 1 aromatic rings. The number of rotatable bonds is 5. The number of nitrogens with one attached hydrogen (secondary N) is 2. The Labute approximate surface area is 184 Å². The van der Waals surface area contributed by atoms with E-state index in [0.717, 1.165) is 57.1 Å². The van der Waals surface area contributed by atoms with Crippen molar-refractivity contribution in [3.63, 3.8) is 0 Å². The van der Waals surface area contributed by atoms with Crippen molar-refractivity contribution in [2.24, 2.45) is 23.2 Å². The van der Waals surface area contributed by atoms with Gasteiger partial charge in [0, 0.05) is 16.7 Å². The number of aryl methyl sites for hydroxylation is 1. The first-order chi connectivity index (χ1) is 14.3. The van der Waals surface area contributed by atoms with Crippen LogP contribution >= 0.6 is 11.3 Å². The van der Waals surface area contributed by atoms with E-state index in [9.17, 15) is 9.90 Å². The first kappa shape index (κ1) is 22.2. The van der Waals surface area contributed by atoms with Crippen LogP contribution in [-0.2, 0) is 16.0 Å². The molecule has 1 saturated heterocycles. The van der Waals surface area contributed by atoms with Crippen molar-refractivity contribution in [1.29, 1.82) is 0 Å². The summed E-state index contributed by atoms with van der Waals surface area (Å²) in [5, 5.41) is 15.7. The van der Waals surface area contributed by atoms with Gasteiger partial charge in [0.25, 0.3) is 0 Å². The number of morpholine rings is 1. The Balaban J connectivity index is 1.39. The number of nitrogens with zero attached hydrogens (tertiary/aromatic N) is 1. The quantitative estimate of drug-likeness (QED) is 0.648. The highest BCUT2D eigenvalue weighted by molar-refractivity contribution is 7.11. The number of hydrogen-bond acceptors (Lipinski definition) is 5. The third kappa shape index (κ3) is 4.18. The Hall–Kier alpha value is -1.02. The van der Waals surface area contributed by atoms with Crippen molar-refractivity contribution in [3.05, 3.63) is 15.6 Å². The molecule has 0 bridgehead atoms. The minimum Gasteiger partial charge on any atom is -0.392 e. The number of thiazole rings is 1. The summed E-state index contributed by atoms with van der Waals surface area (Å²) in [6.07, 6.45) is 2.53. The van der Waals surface area contributed by atoms with Crippen LogP contribution in [0, 0.1) is 30.1 Å². The van der Waals surface area contributed by atoms with E-state index < -0.39 is 6.10 Å². The summed E-state index contributed by atoms with van der Waals surface area (Å²) in [6.45, 7) is 13.9. The van der Waals surface area contributed by atoms with Crippen LogP contribution in [0.2, 0.25) is 0 Å². The summed E-state index contributed by atoms with van der Waals surface area (Å²) >= 11 is 1.82. The Bertz CT molecular complexity index is 763. The Morgan fingerprint density at radius 3 is 2.90 bits per heavy atom. The summed E-state index contributed by atoms with van der Waals surface area (Å²) < 4.78 is 5.40. The van der Waals surface area contributed by atoms with Gasteiger partial charge in [-0.3, -0.25) is 4.79 Å². The largest absolute Gasteiger partial charge is 0.392 e. The maximum Gasteiger partial charge on any atom is 0.223 e. The van der Waals surface area contributed by atoms with Gasteiger partial charge in [-0.25, -0.2) is 4.98 Å². The second kappa shape index (κ2) is 8.85. The lowest BCUT2D eigenvalue weighted by molar-refractivity contribution is -0.906. The number of aliphatic hydroxyl groups is 1. The molecule has 3 N–H and O–H groups in total. The minimum absolute atomic E-state index is 0.0162. The van der Waals surface area contributed by atoms with Gasteiger partial charge in [0.15, 0.2) is 0 Å². The summed E-state index contributed by atoms with van der Waals surface area (Å²) in [7, 11) is 0. The standard InChI is InChI=1S/C23H37N3O3S/c1-14(22(28)24-7-8-26-9-11-29-12-10-26)17-5-6-23(4)13-18-20(25-16(3)30-18)15(2)19(23)21(17)27/h14-15,17,19,21,27H,5-13H2,1-4H3,(H,24,28)/p+1/t14-,15-,17+,19+,21-,23-/m0/s1. The number of aliphatic hydroxyl groups excluding tert-OH is 1. The van der Waals surface area contributed by atoms with E-state index in [1.807, 2.05) is 18.3 Å². The van der Waals surface area contributed by atoms with Crippen LogP contribution in [-0.4, -0.2) is 61.5 Å². The molecule has 1 saturated carbocycles. The average molecular weight is 437 g/mol. The molecule has 7 heteroatoms. The highest BCUT2D eigenvalue weighted by Gasteiger charge is 2.53. The normalized spacial score (nSPS) is 35.4. The van der Waals surface area contributed by atoms with Gasteiger partial charge in [0.1, 0.15) is 13.1 Å². The van der Waals surface area contributed by atoms with E-state index in [2.05, 4.69) is 26.1 Å². The molecular weight excluding hydrogens is 398 g/mol. The van der Waals surface area contributed by atoms with E-state index in [4.69, 9.17) is 9.72 Å². The van der Waals surface area contributed by atoms with Gasteiger partial charge < -0.3 is 20.1 Å². The summed E-state index contributed by atoms with van der Waals surface area (Å²) in [5.74, 6) is 0.335. The number of carbonyl (C=O) groups excluding carboxylic acids is 1. The zero-order valence-corrected chi connectivity index (χ0v) is 19.7. The summed E-state index contributed by atoms with van der Waals surface area (Å²) in [6, 6.07) is 0. The van der Waals surface area contributed by atoms with Crippen LogP contribution in [0.4, 0.5) is 0 Å². The maximum absolute atomic E-state index is 12.9. The maximum atomic E-state index is 12.9. The number of aromatic nitrogens is 1. The number of hydrogen-bond donors (Lipinski definition) is 3. The monoisotopic (exact) mass is 436 g/mol. The molecule has 0 spiro atoms. The second-order valence-corrected chi connectivity index (χ2v) is 11.4. The molecule has 2 heterocycles. The molecule has 4 rings (SSSR count). The van der Waals surface area contributed by atoms with Gasteiger partial charge in [0.2, 0.25) is 5.91 Å². The van der Waals surface area contributed by atoms with Crippen LogP contribution in [0.3, 0.4) is 0 Å². The van der Waals surface area contributed by atoms with Crippen molar-refractivity contribution in [2.45, 2.75) is 59.0 Å². The van der Waals surface area contributed by atoms with Gasteiger partial charge >= 0.3 is 0 Å². The second-order valence-electron chi connectivity index (χ2n) is 10.1. The van der Waals surface area contributed by atoms with E-state index in [-0.39, 0.29) is 35.0 Å². The molecule has 6 nitrogen and oxygen atoms in total. The van der Waals surface area contributed by atoms with Gasteiger partial charge in [0.05, 0.1) is 43.1 Å². The molecule has 2 aliphatic carbocycles. The molecule has 1 aliphatic heterocycles. The Morgan fingerprint density at radius 2 is 2.17 bits per heavy atom. The fourth-order valence-electron chi connectivity index (χ4n) is 6.30. The van der Waals surface area contributed by atoms with E-state index >= 15 is 0 Å². The number of amides is 1. The molecule has 30 heavy (non-hydrogen) atoms. The molecule has 2 fully saturated rings. The zero-order chi connectivity index (χ0) is 21.5. The van der Waals surface area contributed by atoms with Crippen molar-refractivity contribution < 1.29 is 19.5 Å². The van der Waals surface area contributed by atoms with Crippen LogP contribution in [0.5, 0.6) is 0 Å². The smallest absolute Gasteiger partial charge is 0.223 e. The van der Waals surface area contributed by atoms with Crippen molar-refractivity contribution in [3.8, 4) is 0 Å². The van der Waals surface area contributed by atoms with Gasteiger partial charge in [-0.2, -0.15) is 0 Å². The van der Waals surface area contributed by atoms with Gasteiger partial charge in [-0.1, -0.05) is 20.8 Å². The number of quaternary nitrogens is 1. The lowest BCUT2D eigenvalue weighted by Gasteiger charge is -2.53. The molecule has 3 aliphatic rings. The summed E-state index contributed by atoms with van der Waals surface area (Å²) in [4.78, 5) is 20.6. The predicted octanol–water partition coefficient (Wildman–Crippen LogP) is 1.17. The number of ether oxygens (including phenoxy) is 1. The van der Waals surface area contributed by atoms with Crippen molar-refractivity contribution >= 4 is 17.2 Å². The van der Waals surface area contributed by atoms with E-state index in [0.29, 0.717) is 6.54 Å². The molecule has 0 radical (unpaired) electrons. The zero-order valence-electron chi connectivity index (χ0n) is 18.9. The first-order valence-electron chi connectivity index (χ1n) is 11.6. The highest BCUT2D eigenvalue weighted by atomic mass is 32.1. The lowest BCUT2D eigenvalue weighted by Crippen LogP contribution is -3.14. The minimum atomic E-state index is -0.459. The average Bonchev–Trinajstić information content (AvgIpc) is 3.08. The molecule has 168 valence electrons. The van der Waals surface area contributed by atoms with Crippen LogP contribution < -0.4 is 10.2 Å². The van der Waals surface area contributed by atoms with E-state index in [1.54, 1.807) is 0 Å². The van der Waals surface area contributed by atoms with Gasteiger partial charge in [-0.05, 0) is 43.4 Å². The Kier molecular flexibility index (Phi) is 6.54. The predicted molar refractivity (Wildman–Crippen MR) is 118 cm³/mol. The topological polar surface area (TPSA) is 75.9 Å². The van der Waals surface area contributed by atoms with Crippen LogP contribution in [0.15, 0.2) is 0 Å². The van der Waals surface area contributed by atoms with Crippen LogP contribution in [0.25, 0.3) is 0 Å². The molecule has 0 unspecified atom stereocenters. The third-order valence-corrected chi connectivity index (χ3v) is 9.05. The lowest BCUT2D eigenvalue weighted by atomic mass is 9.53. The van der Waals surface area contributed by atoms with Crippen molar-refractivity contribution in [2.75, 3.05) is 39.4 Å². The third-order valence-electron chi connectivity index (χ3n) is 8.06. The summed E-state index contributed by atoms with van der Waals surface area (Å²) in [5.41, 5.74) is 1.28. The number of fused-ring (bicyclic) bond motifs is 2. The molecule has 0 aromatic carbocycles. The first-order valence-corrected chi connectivity index (χ1v) is 12.4. The highest BCUT2D eigenvalue weighted by Crippen LogP contribution is 2.56. The molecule has 1 amide bonds. The number of carbonyl (C=O) groups is 1. The molecular formula is C23H38N3O3S+.